The van der Waals surface area contributed by atoms with Gasteiger partial charge in [0.15, 0.2) is 0 Å². The maximum atomic E-state index is 12.5. The van der Waals surface area contributed by atoms with Gasteiger partial charge in [0, 0.05) is 11.6 Å². The first-order chi connectivity index (χ1) is 14.4. The highest BCUT2D eigenvalue weighted by atomic mass is 16.5. The lowest BCUT2D eigenvalue weighted by molar-refractivity contribution is -0.136. The second-order valence-electron chi connectivity index (χ2n) is 7.61. The fourth-order valence-corrected chi connectivity index (χ4v) is 4.25. The van der Waals surface area contributed by atoms with Gasteiger partial charge in [-0.2, -0.15) is 0 Å². The summed E-state index contributed by atoms with van der Waals surface area (Å²) in [6, 6.07) is 19.9. The lowest BCUT2D eigenvalue weighted by Gasteiger charge is -2.16. The third-order valence-electron chi connectivity index (χ3n) is 5.61. The minimum Gasteiger partial charge on any atom is -0.481 e. The van der Waals surface area contributed by atoms with E-state index >= 15 is 0 Å². The molecule has 3 aromatic rings. The molecule has 0 fully saturated rings. The first kappa shape index (κ1) is 19.7. The van der Waals surface area contributed by atoms with E-state index < -0.39 is 12.1 Å². The topological polar surface area (TPSA) is 75.6 Å². The number of rotatable bonds is 5. The molecule has 0 radical (unpaired) electrons. The van der Waals surface area contributed by atoms with E-state index in [9.17, 15) is 9.59 Å². The van der Waals surface area contributed by atoms with Gasteiger partial charge in [-0.3, -0.25) is 10.1 Å². The zero-order valence-corrected chi connectivity index (χ0v) is 16.9. The third-order valence-corrected chi connectivity index (χ3v) is 5.61. The van der Waals surface area contributed by atoms with Crippen LogP contribution in [0.5, 0.6) is 0 Å². The normalized spacial score (nSPS) is 12.2. The van der Waals surface area contributed by atoms with E-state index in [4.69, 9.17) is 9.84 Å². The Morgan fingerprint density at radius 1 is 0.933 bits per heavy atom. The SMILES string of the molecule is Cc1cc(NC(=O)OCC2c3ccccc3-c3ccccc32)cc(C)c1CC(=O)O. The minimum absolute atomic E-state index is 0.00423. The lowest BCUT2D eigenvalue weighted by atomic mass is 9.98. The van der Waals surface area contributed by atoms with Gasteiger partial charge in [0.05, 0.1) is 6.42 Å². The zero-order chi connectivity index (χ0) is 21.3. The Kier molecular flexibility index (Phi) is 5.27. The molecule has 2 N–H and O–H groups in total. The van der Waals surface area contributed by atoms with Crippen molar-refractivity contribution < 1.29 is 19.4 Å². The van der Waals surface area contributed by atoms with Crippen molar-refractivity contribution in [2.45, 2.75) is 26.2 Å². The summed E-state index contributed by atoms with van der Waals surface area (Å²) in [5, 5.41) is 11.8. The quantitative estimate of drug-likeness (QED) is 0.609. The van der Waals surface area contributed by atoms with Crippen LogP contribution in [0.25, 0.3) is 11.1 Å². The fourth-order valence-electron chi connectivity index (χ4n) is 4.25. The van der Waals surface area contributed by atoms with Crippen molar-refractivity contribution in [3.8, 4) is 11.1 Å². The van der Waals surface area contributed by atoms with Crippen LogP contribution in [0.15, 0.2) is 60.7 Å². The number of ether oxygens (including phenoxy) is 1. The Hall–Kier alpha value is -3.60. The number of carboxylic acids is 1. The van der Waals surface area contributed by atoms with Gasteiger partial charge >= 0.3 is 12.1 Å². The summed E-state index contributed by atoms with van der Waals surface area (Å²) in [4.78, 5) is 23.5. The number of hydrogen-bond acceptors (Lipinski definition) is 3. The predicted molar refractivity (Wildman–Crippen MR) is 116 cm³/mol. The number of carbonyl (C=O) groups is 2. The van der Waals surface area contributed by atoms with Gasteiger partial charge in [-0.1, -0.05) is 48.5 Å². The molecule has 0 aliphatic heterocycles. The number of hydrogen-bond donors (Lipinski definition) is 2. The molecule has 0 unspecified atom stereocenters. The van der Waals surface area contributed by atoms with Crippen LogP contribution in [0.1, 0.15) is 33.7 Å². The molecule has 0 atom stereocenters. The molecule has 30 heavy (non-hydrogen) atoms. The van der Waals surface area contributed by atoms with E-state index in [0.29, 0.717) is 5.69 Å². The Bertz CT molecular complexity index is 1070. The average Bonchev–Trinajstić information content (AvgIpc) is 3.03. The molecule has 3 aromatic carbocycles. The summed E-state index contributed by atoms with van der Waals surface area (Å²) in [5.41, 5.74) is 7.70. The number of aryl methyl sites for hydroxylation is 2. The van der Waals surface area contributed by atoms with Gasteiger partial charge in [-0.05, 0) is 64.9 Å². The van der Waals surface area contributed by atoms with Crippen molar-refractivity contribution in [2.24, 2.45) is 0 Å². The van der Waals surface area contributed by atoms with Crippen LogP contribution < -0.4 is 5.32 Å². The molecule has 0 saturated heterocycles. The molecule has 4 rings (SSSR count). The van der Waals surface area contributed by atoms with E-state index in [1.165, 1.54) is 11.1 Å². The van der Waals surface area contributed by atoms with Gasteiger partial charge in [-0.25, -0.2) is 4.79 Å². The van der Waals surface area contributed by atoms with Gasteiger partial charge < -0.3 is 9.84 Å². The Balaban J connectivity index is 1.47. The molecular weight excluding hydrogens is 378 g/mol. The standard InChI is InChI=1S/C25H23NO4/c1-15-11-17(12-16(2)22(15)13-24(27)28)26-25(29)30-14-23-20-9-5-3-7-18(20)19-8-4-6-10-21(19)23/h3-12,23H,13-14H2,1-2H3,(H,26,29)(H,27,28). The van der Waals surface area contributed by atoms with Crippen molar-refractivity contribution in [3.05, 3.63) is 88.5 Å². The van der Waals surface area contributed by atoms with Crippen LogP contribution in [0.3, 0.4) is 0 Å². The molecule has 0 heterocycles. The molecule has 5 nitrogen and oxygen atoms in total. The molecule has 0 spiro atoms. The number of benzene rings is 3. The van der Waals surface area contributed by atoms with E-state index in [0.717, 1.165) is 27.8 Å². The molecule has 5 heteroatoms. The first-order valence-electron chi connectivity index (χ1n) is 9.88. The van der Waals surface area contributed by atoms with E-state index in [1.54, 1.807) is 12.1 Å². The van der Waals surface area contributed by atoms with Gasteiger partial charge in [0.1, 0.15) is 6.61 Å². The Morgan fingerprint density at radius 3 is 2.00 bits per heavy atom. The summed E-state index contributed by atoms with van der Waals surface area (Å²) >= 11 is 0. The average molecular weight is 401 g/mol. The number of fused-ring (bicyclic) bond motifs is 3. The molecule has 1 aliphatic carbocycles. The van der Waals surface area contributed by atoms with Crippen LogP contribution >= 0.6 is 0 Å². The smallest absolute Gasteiger partial charge is 0.411 e. The second kappa shape index (κ2) is 8.03. The number of anilines is 1. The van der Waals surface area contributed by atoms with Crippen LogP contribution in [-0.2, 0) is 16.0 Å². The van der Waals surface area contributed by atoms with E-state index in [1.807, 2.05) is 38.1 Å². The summed E-state index contributed by atoms with van der Waals surface area (Å²) in [6.45, 7) is 3.93. The second-order valence-corrected chi connectivity index (χ2v) is 7.61. The highest BCUT2D eigenvalue weighted by Gasteiger charge is 2.29. The molecule has 1 amide bonds. The molecule has 0 saturated carbocycles. The largest absolute Gasteiger partial charge is 0.481 e. The molecular formula is C25H23NO4. The zero-order valence-electron chi connectivity index (χ0n) is 16.9. The van der Waals surface area contributed by atoms with Crippen LogP contribution in [-0.4, -0.2) is 23.8 Å². The maximum absolute atomic E-state index is 12.5. The molecule has 0 bridgehead atoms. The van der Waals surface area contributed by atoms with Gasteiger partial charge in [0.25, 0.3) is 0 Å². The fraction of sp³-hybridized carbons (Fsp3) is 0.200. The van der Waals surface area contributed by atoms with Crippen molar-refractivity contribution in [1.29, 1.82) is 0 Å². The third kappa shape index (κ3) is 3.79. The maximum Gasteiger partial charge on any atom is 0.411 e. The molecule has 1 aliphatic rings. The van der Waals surface area contributed by atoms with Crippen molar-refractivity contribution in [1.82, 2.24) is 0 Å². The molecule has 152 valence electrons. The monoisotopic (exact) mass is 401 g/mol. The Morgan fingerprint density at radius 2 is 1.47 bits per heavy atom. The highest BCUT2D eigenvalue weighted by molar-refractivity contribution is 5.86. The summed E-state index contributed by atoms with van der Waals surface area (Å²) < 4.78 is 5.57. The van der Waals surface area contributed by atoms with E-state index in [-0.39, 0.29) is 18.9 Å². The lowest BCUT2D eigenvalue weighted by Crippen LogP contribution is -2.18. The number of amides is 1. The van der Waals surface area contributed by atoms with Crippen molar-refractivity contribution >= 4 is 17.7 Å². The predicted octanol–water partition coefficient (Wildman–Crippen LogP) is 5.29. The minimum atomic E-state index is -0.876. The van der Waals surface area contributed by atoms with Crippen LogP contribution in [0, 0.1) is 13.8 Å². The number of carboxylic acid groups (broad SMARTS) is 1. The summed E-state index contributed by atoms with van der Waals surface area (Å²) in [5.74, 6) is -0.872. The van der Waals surface area contributed by atoms with E-state index in [2.05, 4.69) is 29.6 Å². The summed E-state index contributed by atoms with van der Waals surface area (Å²) in [7, 11) is 0. The number of nitrogens with one attached hydrogen (secondary N) is 1. The van der Waals surface area contributed by atoms with Gasteiger partial charge in [0.2, 0.25) is 0 Å². The summed E-state index contributed by atoms with van der Waals surface area (Å²) in [6.07, 6.45) is -0.565. The van der Waals surface area contributed by atoms with Crippen molar-refractivity contribution in [3.63, 3.8) is 0 Å². The van der Waals surface area contributed by atoms with Crippen LogP contribution in [0.4, 0.5) is 10.5 Å². The Labute approximate surface area is 175 Å². The van der Waals surface area contributed by atoms with Crippen molar-refractivity contribution in [2.75, 3.05) is 11.9 Å². The highest BCUT2D eigenvalue weighted by Crippen LogP contribution is 2.44. The molecule has 0 aromatic heterocycles. The van der Waals surface area contributed by atoms with Gasteiger partial charge in [-0.15, -0.1) is 0 Å². The number of carbonyl (C=O) groups excluding carboxylic acids is 1. The van der Waals surface area contributed by atoms with Crippen LogP contribution in [0.2, 0.25) is 0 Å². The number of aliphatic carboxylic acids is 1. The first-order valence-corrected chi connectivity index (χ1v) is 9.88.